The van der Waals surface area contributed by atoms with Crippen LogP contribution in [0.1, 0.15) is 27.2 Å². The molecule has 1 N–H and O–H groups in total. The summed E-state index contributed by atoms with van der Waals surface area (Å²) in [6.45, 7) is 3.82. The van der Waals surface area contributed by atoms with E-state index in [4.69, 9.17) is 0 Å². The maximum absolute atomic E-state index is 12.7. The van der Waals surface area contributed by atoms with Crippen LogP contribution in [-0.4, -0.2) is 20.5 Å². The van der Waals surface area contributed by atoms with Crippen molar-refractivity contribution in [1.29, 1.82) is 0 Å². The number of allylic oxidation sites excluding steroid dienone is 1. The summed E-state index contributed by atoms with van der Waals surface area (Å²) in [7, 11) is 0. The van der Waals surface area contributed by atoms with Gasteiger partial charge < -0.3 is 4.98 Å². The molecule has 0 aliphatic carbocycles. The fourth-order valence-electron chi connectivity index (χ4n) is 3.25. The van der Waals surface area contributed by atoms with E-state index in [1.807, 2.05) is 56.3 Å². The van der Waals surface area contributed by atoms with Crippen LogP contribution in [0.15, 0.2) is 70.1 Å². The summed E-state index contributed by atoms with van der Waals surface area (Å²) < 4.78 is 2.64. The number of aromatic nitrogens is 3. The van der Waals surface area contributed by atoms with Crippen LogP contribution in [0.25, 0.3) is 22.7 Å². The highest BCUT2D eigenvalue weighted by molar-refractivity contribution is 9.10. The number of ketones is 1. The number of rotatable bonds is 4. The number of nitrogens with one attached hydrogen (secondary N) is 1. The maximum Gasteiger partial charge on any atom is 0.250 e. The Labute approximate surface area is 175 Å². The van der Waals surface area contributed by atoms with Gasteiger partial charge in [0, 0.05) is 15.9 Å². The molecule has 2 heterocycles. The largest absolute Gasteiger partial charge is 0.322 e. The van der Waals surface area contributed by atoms with Gasteiger partial charge in [0.05, 0.1) is 28.7 Å². The lowest BCUT2D eigenvalue weighted by Crippen LogP contribution is -2.10. The van der Waals surface area contributed by atoms with Crippen LogP contribution in [0.2, 0.25) is 0 Å². The lowest BCUT2D eigenvalue weighted by molar-refractivity contribution is 0.104. The first kappa shape index (κ1) is 19.1. The molecule has 0 atom stereocenters. The van der Waals surface area contributed by atoms with Gasteiger partial charge in [0.1, 0.15) is 0 Å². The Balaban J connectivity index is 1.73. The van der Waals surface area contributed by atoms with Crippen LogP contribution in [0.3, 0.4) is 0 Å². The van der Waals surface area contributed by atoms with Crippen LogP contribution in [-0.2, 0) is 0 Å². The second-order valence-electron chi connectivity index (χ2n) is 6.87. The number of H-pyrrole nitrogens is 1. The molecule has 0 bridgehead atoms. The van der Waals surface area contributed by atoms with E-state index < -0.39 is 0 Å². The zero-order valence-electron chi connectivity index (χ0n) is 15.9. The molecule has 0 aliphatic rings. The number of carbonyl (C=O) groups excluding carboxylic acids is 1. The predicted molar refractivity (Wildman–Crippen MR) is 119 cm³/mol. The Morgan fingerprint density at radius 3 is 2.62 bits per heavy atom. The van der Waals surface area contributed by atoms with Gasteiger partial charge >= 0.3 is 0 Å². The highest BCUT2D eigenvalue weighted by atomic mass is 79.9. The highest BCUT2D eigenvalue weighted by Crippen LogP contribution is 2.23. The zero-order valence-corrected chi connectivity index (χ0v) is 17.5. The van der Waals surface area contributed by atoms with Gasteiger partial charge in [0.2, 0.25) is 0 Å². The van der Waals surface area contributed by atoms with Gasteiger partial charge in [-0.2, -0.15) is 5.10 Å². The molecule has 0 amide bonds. The minimum absolute atomic E-state index is 0.137. The van der Waals surface area contributed by atoms with Gasteiger partial charge in [-0.15, -0.1) is 0 Å². The Bertz CT molecular complexity index is 1310. The number of carbonyl (C=O) groups is 1. The van der Waals surface area contributed by atoms with Crippen molar-refractivity contribution < 1.29 is 4.79 Å². The summed E-state index contributed by atoms with van der Waals surface area (Å²) in [5.41, 5.74) is 4.36. The van der Waals surface area contributed by atoms with Crippen molar-refractivity contribution in [1.82, 2.24) is 14.8 Å². The molecular formula is C23H18BrN3O2. The molecule has 0 aliphatic heterocycles. The quantitative estimate of drug-likeness (QED) is 0.353. The Morgan fingerprint density at radius 1 is 1.10 bits per heavy atom. The van der Waals surface area contributed by atoms with E-state index in [1.165, 1.54) is 12.1 Å². The summed E-state index contributed by atoms with van der Waals surface area (Å²) >= 11 is 3.40. The molecule has 4 aromatic rings. The molecule has 4 rings (SSSR count). The van der Waals surface area contributed by atoms with E-state index in [0.29, 0.717) is 16.9 Å². The first-order valence-electron chi connectivity index (χ1n) is 9.09. The van der Waals surface area contributed by atoms with E-state index in [2.05, 4.69) is 26.0 Å². The molecule has 0 unspecified atom stereocenters. The van der Waals surface area contributed by atoms with Crippen molar-refractivity contribution in [3.8, 4) is 5.69 Å². The van der Waals surface area contributed by atoms with Crippen molar-refractivity contribution in [2.45, 2.75) is 13.8 Å². The minimum Gasteiger partial charge on any atom is -0.322 e. The minimum atomic E-state index is -0.214. The number of hydrogen-bond acceptors (Lipinski definition) is 3. The van der Waals surface area contributed by atoms with Crippen LogP contribution in [0.5, 0.6) is 0 Å². The first-order valence-corrected chi connectivity index (χ1v) is 9.88. The van der Waals surface area contributed by atoms with E-state index in [0.717, 1.165) is 26.5 Å². The van der Waals surface area contributed by atoms with Crippen LogP contribution in [0, 0.1) is 13.8 Å². The second kappa shape index (κ2) is 7.64. The standard InChI is InChI=1S/C23H18BrN3O2/c1-14-3-9-20-18(11-14)21(12-23(29)26-20)27-15(2)19(13-25-27)22(28)10-6-16-4-7-17(24)8-5-16/h3-13H,1-2H3,(H,26,29)/b10-6+. The molecule has 2 aromatic heterocycles. The highest BCUT2D eigenvalue weighted by Gasteiger charge is 2.15. The molecule has 0 spiro atoms. The summed E-state index contributed by atoms with van der Waals surface area (Å²) in [6, 6.07) is 15.0. The SMILES string of the molecule is Cc1ccc2[nH]c(=O)cc(-n3ncc(C(=O)/C=C/c4ccc(Br)cc4)c3C)c2c1. The maximum atomic E-state index is 12.7. The topological polar surface area (TPSA) is 67.8 Å². The first-order chi connectivity index (χ1) is 13.9. The van der Waals surface area contributed by atoms with E-state index in [1.54, 1.807) is 17.0 Å². The van der Waals surface area contributed by atoms with E-state index in [9.17, 15) is 9.59 Å². The normalized spacial score (nSPS) is 11.4. The van der Waals surface area contributed by atoms with Gasteiger partial charge in [0.15, 0.2) is 5.78 Å². The third-order valence-electron chi connectivity index (χ3n) is 4.78. The molecule has 29 heavy (non-hydrogen) atoms. The van der Waals surface area contributed by atoms with Crippen molar-refractivity contribution in [2.75, 3.05) is 0 Å². The average Bonchev–Trinajstić information content (AvgIpc) is 3.08. The van der Waals surface area contributed by atoms with Gasteiger partial charge in [-0.1, -0.05) is 45.8 Å². The zero-order chi connectivity index (χ0) is 20.5. The van der Waals surface area contributed by atoms with Crippen molar-refractivity contribution in [3.63, 3.8) is 0 Å². The number of pyridine rings is 1. The molecule has 144 valence electrons. The molecule has 6 heteroatoms. The number of hydrogen-bond donors (Lipinski definition) is 1. The summed E-state index contributed by atoms with van der Waals surface area (Å²) in [5, 5.41) is 5.27. The molecular weight excluding hydrogens is 430 g/mol. The molecule has 5 nitrogen and oxygen atoms in total. The van der Waals surface area contributed by atoms with Crippen LogP contribution >= 0.6 is 15.9 Å². The molecule has 0 fully saturated rings. The Kier molecular flexibility index (Phi) is 5.03. The van der Waals surface area contributed by atoms with Crippen molar-refractivity contribution in [3.05, 3.63) is 98.0 Å². The van der Waals surface area contributed by atoms with Gasteiger partial charge in [-0.3, -0.25) is 9.59 Å². The monoisotopic (exact) mass is 447 g/mol. The van der Waals surface area contributed by atoms with E-state index >= 15 is 0 Å². The summed E-state index contributed by atoms with van der Waals surface area (Å²) in [6.07, 6.45) is 4.86. The third kappa shape index (κ3) is 3.84. The van der Waals surface area contributed by atoms with Gasteiger partial charge in [0.25, 0.3) is 5.56 Å². The Morgan fingerprint density at radius 2 is 1.86 bits per heavy atom. The number of aromatic amines is 1. The van der Waals surface area contributed by atoms with Gasteiger partial charge in [-0.25, -0.2) is 4.68 Å². The molecule has 0 radical (unpaired) electrons. The third-order valence-corrected chi connectivity index (χ3v) is 5.31. The fourth-order valence-corrected chi connectivity index (χ4v) is 3.52. The van der Waals surface area contributed by atoms with Crippen molar-refractivity contribution in [2.24, 2.45) is 0 Å². The lowest BCUT2D eigenvalue weighted by atomic mass is 10.1. The van der Waals surface area contributed by atoms with Crippen molar-refractivity contribution >= 4 is 38.7 Å². The number of halogens is 1. The van der Waals surface area contributed by atoms with E-state index in [-0.39, 0.29) is 11.3 Å². The number of fused-ring (bicyclic) bond motifs is 1. The predicted octanol–water partition coefficient (Wildman–Crippen LogP) is 4.99. The number of aryl methyl sites for hydroxylation is 1. The fraction of sp³-hybridized carbons (Fsp3) is 0.0870. The second-order valence-corrected chi connectivity index (χ2v) is 7.79. The average molecular weight is 448 g/mol. The molecule has 0 saturated heterocycles. The molecule has 2 aromatic carbocycles. The van der Waals surface area contributed by atoms with Gasteiger partial charge in [-0.05, 0) is 49.8 Å². The summed E-state index contributed by atoms with van der Waals surface area (Å²) in [5.74, 6) is -0.137. The molecule has 0 saturated carbocycles. The smallest absolute Gasteiger partial charge is 0.250 e. The van der Waals surface area contributed by atoms with Crippen LogP contribution < -0.4 is 5.56 Å². The van der Waals surface area contributed by atoms with Crippen LogP contribution in [0.4, 0.5) is 0 Å². The summed E-state index contributed by atoms with van der Waals surface area (Å²) in [4.78, 5) is 27.7. The number of nitrogens with zero attached hydrogens (tertiary/aromatic N) is 2. The lowest BCUT2D eigenvalue weighted by Gasteiger charge is -2.09. The number of benzene rings is 2. The Hall–Kier alpha value is -3.25.